The van der Waals surface area contributed by atoms with Gasteiger partial charge in [-0.2, -0.15) is 0 Å². The van der Waals surface area contributed by atoms with Crippen LogP contribution in [0.5, 0.6) is 0 Å². The Labute approximate surface area is 154 Å². The maximum absolute atomic E-state index is 6.12. The lowest BCUT2D eigenvalue weighted by Gasteiger charge is -2.41. The van der Waals surface area contributed by atoms with Crippen LogP contribution in [0.3, 0.4) is 0 Å². The van der Waals surface area contributed by atoms with Gasteiger partial charge in [0.25, 0.3) is 0 Å². The van der Waals surface area contributed by atoms with Crippen LogP contribution in [-0.2, 0) is 4.74 Å². The monoisotopic (exact) mass is 340 g/mol. The van der Waals surface area contributed by atoms with Crippen LogP contribution in [0.1, 0.15) is 94.4 Å². The number of unbranched alkanes of at least 4 members (excludes halogenated alkanes) is 3. The second-order valence-electron chi connectivity index (χ2n) is 9.42. The largest absolute Gasteiger partial charge is 0.381 e. The summed E-state index contributed by atoms with van der Waals surface area (Å²) < 4.78 is 6.12. The molecule has 0 saturated heterocycles. The van der Waals surface area contributed by atoms with Gasteiger partial charge in [0, 0.05) is 13.2 Å². The van der Waals surface area contributed by atoms with Gasteiger partial charge < -0.3 is 4.74 Å². The van der Waals surface area contributed by atoms with E-state index in [1.165, 1.54) is 32.1 Å². The molecule has 0 aromatic rings. The van der Waals surface area contributed by atoms with E-state index in [1.54, 1.807) is 0 Å². The summed E-state index contributed by atoms with van der Waals surface area (Å²) >= 11 is 0. The summed E-state index contributed by atoms with van der Waals surface area (Å²) in [5.41, 5.74) is 0. The Kier molecular flexibility index (Phi) is 13.2. The molecule has 0 amide bonds. The van der Waals surface area contributed by atoms with Crippen molar-refractivity contribution in [3.05, 3.63) is 0 Å². The second-order valence-corrected chi connectivity index (χ2v) is 9.42. The molecule has 0 spiro atoms. The van der Waals surface area contributed by atoms with Crippen molar-refractivity contribution in [2.24, 2.45) is 41.4 Å². The molecular weight excluding hydrogens is 292 g/mol. The minimum Gasteiger partial charge on any atom is -0.381 e. The Morgan fingerprint density at radius 2 is 1.21 bits per heavy atom. The molecule has 0 aliphatic heterocycles. The van der Waals surface area contributed by atoms with Crippen molar-refractivity contribution < 1.29 is 4.74 Å². The molecular formula is C23H48O. The van der Waals surface area contributed by atoms with Crippen LogP contribution < -0.4 is 0 Å². The van der Waals surface area contributed by atoms with Crippen LogP contribution in [0.15, 0.2) is 0 Å². The van der Waals surface area contributed by atoms with E-state index in [2.05, 4.69) is 62.3 Å². The van der Waals surface area contributed by atoms with E-state index in [0.29, 0.717) is 17.8 Å². The summed E-state index contributed by atoms with van der Waals surface area (Å²) in [6.45, 7) is 23.2. The number of hydrogen-bond acceptors (Lipinski definition) is 1. The Morgan fingerprint density at radius 3 is 1.62 bits per heavy atom. The van der Waals surface area contributed by atoms with Gasteiger partial charge in [-0.05, 0) is 47.8 Å². The standard InChI is InChI=1S/C23H48O/c1-10-11-12-13-14-21(18(4)5)23(20(8)9)22(19(6)7)16-24-15-17(2)3/h17-23H,10-16H2,1-9H3. The molecule has 3 unspecified atom stereocenters. The van der Waals surface area contributed by atoms with Gasteiger partial charge in [-0.25, -0.2) is 0 Å². The van der Waals surface area contributed by atoms with Gasteiger partial charge in [0.1, 0.15) is 0 Å². The van der Waals surface area contributed by atoms with Crippen molar-refractivity contribution in [3.63, 3.8) is 0 Å². The lowest BCUT2D eigenvalue weighted by Crippen LogP contribution is -2.37. The maximum atomic E-state index is 6.12. The van der Waals surface area contributed by atoms with E-state index >= 15 is 0 Å². The van der Waals surface area contributed by atoms with Crippen LogP contribution >= 0.6 is 0 Å². The smallest absolute Gasteiger partial charge is 0.0499 e. The maximum Gasteiger partial charge on any atom is 0.0499 e. The highest BCUT2D eigenvalue weighted by molar-refractivity contribution is 4.83. The molecule has 0 saturated carbocycles. The molecule has 0 N–H and O–H groups in total. The summed E-state index contributed by atoms with van der Waals surface area (Å²) in [6, 6.07) is 0. The van der Waals surface area contributed by atoms with Gasteiger partial charge in [0.15, 0.2) is 0 Å². The Morgan fingerprint density at radius 1 is 0.625 bits per heavy atom. The molecule has 0 aromatic carbocycles. The Hall–Kier alpha value is -0.0400. The molecule has 3 atom stereocenters. The van der Waals surface area contributed by atoms with E-state index in [0.717, 1.165) is 36.9 Å². The van der Waals surface area contributed by atoms with Gasteiger partial charge in [-0.15, -0.1) is 0 Å². The van der Waals surface area contributed by atoms with Crippen molar-refractivity contribution in [3.8, 4) is 0 Å². The topological polar surface area (TPSA) is 9.23 Å². The molecule has 0 aliphatic rings. The van der Waals surface area contributed by atoms with Crippen LogP contribution in [-0.4, -0.2) is 13.2 Å². The van der Waals surface area contributed by atoms with E-state index < -0.39 is 0 Å². The predicted octanol–water partition coefficient (Wildman–Crippen LogP) is 7.45. The molecule has 146 valence electrons. The Bertz CT molecular complexity index is 280. The van der Waals surface area contributed by atoms with Gasteiger partial charge in [-0.3, -0.25) is 0 Å². The molecule has 0 fully saturated rings. The summed E-state index contributed by atoms with van der Waals surface area (Å²) in [7, 11) is 0. The van der Waals surface area contributed by atoms with Gasteiger partial charge in [0.05, 0.1) is 0 Å². The SMILES string of the molecule is CCCCCCC(C(C)C)C(C(C)C)C(COCC(C)C)C(C)C. The average molecular weight is 341 g/mol. The number of rotatable bonds is 14. The minimum absolute atomic E-state index is 0.630. The van der Waals surface area contributed by atoms with Gasteiger partial charge in [-0.1, -0.05) is 88.0 Å². The fourth-order valence-electron chi connectivity index (χ4n) is 4.27. The zero-order valence-electron chi connectivity index (χ0n) is 18.4. The minimum atomic E-state index is 0.630. The summed E-state index contributed by atoms with van der Waals surface area (Å²) in [5, 5.41) is 0. The zero-order valence-corrected chi connectivity index (χ0v) is 18.4. The molecule has 0 heterocycles. The van der Waals surface area contributed by atoms with Crippen LogP contribution in [0.2, 0.25) is 0 Å². The first kappa shape index (κ1) is 24.0. The summed E-state index contributed by atoms with van der Waals surface area (Å²) in [6.07, 6.45) is 6.92. The molecule has 0 aromatic heterocycles. The first-order valence-corrected chi connectivity index (χ1v) is 10.8. The third-order valence-corrected chi connectivity index (χ3v) is 5.62. The van der Waals surface area contributed by atoms with Crippen molar-refractivity contribution in [2.75, 3.05) is 13.2 Å². The molecule has 1 heteroatoms. The third-order valence-electron chi connectivity index (χ3n) is 5.62. The fourth-order valence-corrected chi connectivity index (χ4v) is 4.27. The highest BCUT2D eigenvalue weighted by Crippen LogP contribution is 2.40. The predicted molar refractivity (Wildman–Crippen MR) is 109 cm³/mol. The molecule has 24 heavy (non-hydrogen) atoms. The van der Waals surface area contributed by atoms with E-state index in [9.17, 15) is 0 Å². The highest BCUT2D eigenvalue weighted by Gasteiger charge is 2.35. The van der Waals surface area contributed by atoms with Crippen LogP contribution in [0, 0.1) is 41.4 Å². The van der Waals surface area contributed by atoms with Gasteiger partial charge in [0.2, 0.25) is 0 Å². The molecule has 0 aliphatic carbocycles. The fraction of sp³-hybridized carbons (Fsp3) is 1.00. The van der Waals surface area contributed by atoms with E-state index in [1.807, 2.05) is 0 Å². The molecule has 1 nitrogen and oxygen atoms in total. The molecule has 0 radical (unpaired) electrons. The summed E-state index contributed by atoms with van der Waals surface area (Å²) in [4.78, 5) is 0. The van der Waals surface area contributed by atoms with Gasteiger partial charge >= 0.3 is 0 Å². The number of ether oxygens (including phenoxy) is 1. The summed E-state index contributed by atoms with van der Waals surface area (Å²) in [5.74, 6) is 5.12. The lowest BCUT2D eigenvalue weighted by atomic mass is 9.66. The third kappa shape index (κ3) is 9.44. The van der Waals surface area contributed by atoms with Crippen molar-refractivity contribution in [1.82, 2.24) is 0 Å². The first-order valence-electron chi connectivity index (χ1n) is 10.8. The van der Waals surface area contributed by atoms with Crippen LogP contribution in [0.25, 0.3) is 0 Å². The first-order chi connectivity index (χ1) is 11.2. The molecule has 0 rings (SSSR count). The Balaban J connectivity index is 5.02. The van der Waals surface area contributed by atoms with Crippen molar-refractivity contribution >= 4 is 0 Å². The normalized spacial score (nSPS) is 16.4. The molecule has 0 bridgehead atoms. The number of hydrogen-bond donors (Lipinski definition) is 0. The highest BCUT2D eigenvalue weighted by atomic mass is 16.5. The quantitative estimate of drug-likeness (QED) is 0.298. The van der Waals surface area contributed by atoms with Crippen LogP contribution in [0.4, 0.5) is 0 Å². The van der Waals surface area contributed by atoms with E-state index in [-0.39, 0.29) is 0 Å². The zero-order chi connectivity index (χ0) is 18.7. The average Bonchev–Trinajstić information content (AvgIpc) is 2.46. The van der Waals surface area contributed by atoms with Crippen molar-refractivity contribution in [1.29, 1.82) is 0 Å². The van der Waals surface area contributed by atoms with E-state index in [4.69, 9.17) is 4.74 Å². The lowest BCUT2D eigenvalue weighted by molar-refractivity contribution is 0.00118. The van der Waals surface area contributed by atoms with Crippen molar-refractivity contribution in [2.45, 2.75) is 94.4 Å². The second kappa shape index (κ2) is 13.2.